The van der Waals surface area contributed by atoms with E-state index in [1.807, 2.05) is 0 Å². The minimum atomic E-state index is 0.0840. The van der Waals surface area contributed by atoms with Crippen LogP contribution in [-0.2, 0) is 9.53 Å². The molecule has 0 saturated heterocycles. The van der Waals surface area contributed by atoms with E-state index >= 15 is 0 Å². The van der Waals surface area contributed by atoms with Gasteiger partial charge in [-0.05, 0) is 117 Å². The SMILES string of the molecule is CC/C=C\C/C=C\C/C=C\CCCCCCCCC(CCCCCCCC/C=C\C/C=C/CCCC)OC(=O)C1CCC(N(C)C)C1. The molecule has 0 aromatic rings. The second-order valence-corrected chi connectivity index (χ2v) is 14.2. The molecular formula is C44H77NO2. The Bertz CT molecular complexity index is 851. The van der Waals surface area contributed by atoms with Gasteiger partial charge in [0.05, 0.1) is 5.92 Å². The monoisotopic (exact) mass is 652 g/mol. The molecule has 0 spiro atoms. The quantitative estimate of drug-likeness (QED) is 0.0424. The fourth-order valence-corrected chi connectivity index (χ4v) is 6.50. The van der Waals surface area contributed by atoms with Gasteiger partial charge in [0, 0.05) is 6.04 Å². The summed E-state index contributed by atoms with van der Waals surface area (Å²) < 4.78 is 6.22. The van der Waals surface area contributed by atoms with E-state index in [4.69, 9.17) is 4.74 Å². The first kappa shape index (κ1) is 43.2. The molecular weight excluding hydrogens is 574 g/mol. The van der Waals surface area contributed by atoms with Crippen molar-refractivity contribution in [3.63, 3.8) is 0 Å². The van der Waals surface area contributed by atoms with E-state index in [0.717, 1.165) is 57.8 Å². The molecule has 1 saturated carbocycles. The molecule has 0 heterocycles. The highest BCUT2D eigenvalue weighted by Gasteiger charge is 2.33. The van der Waals surface area contributed by atoms with Crippen molar-refractivity contribution >= 4 is 5.97 Å². The molecule has 0 radical (unpaired) electrons. The molecule has 0 aromatic heterocycles. The van der Waals surface area contributed by atoms with Gasteiger partial charge in [-0.15, -0.1) is 0 Å². The lowest BCUT2D eigenvalue weighted by molar-refractivity contribution is -0.154. The van der Waals surface area contributed by atoms with E-state index in [2.05, 4.69) is 93.6 Å². The van der Waals surface area contributed by atoms with Gasteiger partial charge in [-0.3, -0.25) is 4.79 Å². The molecule has 1 fully saturated rings. The third kappa shape index (κ3) is 26.7. The van der Waals surface area contributed by atoms with E-state index in [-0.39, 0.29) is 18.0 Å². The van der Waals surface area contributed by atoms with Gasteiger partial charge in [0.15, 0.2) is 0 Å². The Balaban J connectivity index is 2.22. The van der Waals surface area contributed by atoms with Crippen LogP contribution in [0.4, 0.5) is 0 Å². The molecule has 3 heteroatoms. The molecule has 3 unspecified atom stereocenters. The fraction of sp³-hybridized carbons (Fsp3) is 0.750. The summed E-state index contributed by atoms with van der Waals surface area (Å²) in [7, 11) is 4.27. The lowest BCUT2D eigenvalue weighted by Crippen LogP contribution is -2.27. The molecule has 0 amide bonds. The number of ether oxygens (including phenoxy) is 1. The Morgan fingerprint density at radius 3 is 1.51 bits per heavy atom. The molecule has 0 N–H and O–H groups in total. The van der Waals surface area contributed by atoms with E-state index in [1.54, 1.807) is 0 Å². The van der Waals surface area contributed by atoms with Crippen LogP contribution in [0.5, 0.6) is 0 Å². The van der Waals surface area contributed by atoms with E-state index in [0.29, 0.717) is 6.04 Å². The molecule has 1 aliphatic carbocycles. The van der Waals surface area contributed by atoms with Gasteiger partial charge in [0.2, 0.25) is 0 Å². The zero-order valence-electron chi connectivity index (χ0n) is 31.7. The molecule has 3 nitrogen and oxygen atoms in total. The summed E-state index contributed by atoms with van der Waals surface area (Å²) in [4.78, 5) is 15.4. The molecule has 47 heavy (non-hydrogen) atoms. The molecule has 0 aliphatic heterocycles. The van der Waals surface area contributed by atoms with Gasteiger partial charge < -0.3 is 9.64 Å². The number of hydrogen-bond acceptors (Lipinski definition) is 3. The topological polar surface area (TPSA) is 29.5 Å². The third-order valence-electron chi connectivity index (χ3n) is 9.66. The summed E-state index contributed by atoms with van der Waals surface area (Å²) in [5.74, 6) is 0.185. The standard InChI is InChI=1S/C44H77NO2/c1-5-7-9-11-13-15-17-19-21-23-25-27-29-31-33-35-37-43(47-44(46)41-38-39-42(40-41)45(3)4)36-34-32-30-28-26-24-22-20-18-16-14-12-10-8-6-2/h7,9,12-15,18-21,41-43H,5-6,8,10-11,16-17,22-40H2,1-4H3/b9-7-,14-12+,15-13-,20-18-,21-19-. The summed E-state index contributed by atoms with van der Waals surface area (Å²) in [5.41, 5.74) is 0. The van der Waals surface area contributed by atoms with Crippen molar-refractivity contribution < 1.29 is 9.53 Å². The number of allylic oxidation sites excluding steroid dienone is 10. The Morgan fingerprint density at radius 2 is 1.04 bits per heavy atom. The van der Waals surface area contributed by atoms with Crippen LogP contribution in [0, 0.1) is 5.92 Å². The van der Waals surface area contributed by atoms with Crippen molar-refractivity contribution in [3.05, 3.63) is 60.8 Å². The lowest BCUT2D eigenvalue weighted by Gasteiger charge is -2.21. The zero-order valence-corrected chi connectivity index (χ0v) is 31.7. The predicted molar refractivity (Wildman–Crippen MR) is 208 cm³/mol. The largest absolute Gasteiger partial charge is 0.462 e. The van der Waals surface area contributed by atoms with Gasteiger partial charge in [-0.1, -0.05) is 139 Å². The van der Waals surface area contributed by atoms with Crippen molar-refractivity contribution in [3.8, 4) is 0 Å². The van der Waals surface area contributed by atoms with E-state index < -0.39 is 0 Å². The first-order valence-electron chi connectivity index (χ1n) is 20.2. The van der Waals surface area contributed by atoms with Crippen molar-refractivity contribution in [2.75, 3.05) is 14.1 Å². The van der Waals surface area contributed by atoms with Crippen LogP contribution in [0.3, 0.4) is 0 Å². The van der Waals surface area contributed by atoms with Crippen molar-refractivity contribution in [1.29, 1.82) is 0 Å². The van der Waals surface area contributed by atoms with Crippen LogP contribution >= 0.6 is 0 Å². The highest BCUT2D eigenvalue weighted by atomic mass is 16.5. The van der Waals surface area contributed by atoms with Gasteiger partial charge in [0.25, 0.3) is 0 Å². The van der Waals surface area contributed by atoms with Crippen LogP contribution in [0.1, 0.15) is 181 Å². The Morgan fingerprint density at radius 1 is 0.596 bits per heavy atom. The number of carbonyl (C=O) groups excluding carboxylic acids is 1. The molecule has 1 aliphatic rings. The molecule has 0 aromatic carbocycles. The van der Waals surface area contributed by atoms with Gasteiger partial charge in [-0.2, -0.15) is 0 Å². The van der Waals surface area contributed by atoms with Crippen LogP contribution < -0.4 is 0 Å². The molecule has 3 atom stereocenters. The fourth-order valence-electron chi connectivity index (χ4n) is 6.50. The smallest absolute Gasteiger partial charge is 0.309 e. The van der Waals surface area contributed by atoms with E-state index in [9.17, 15) is 4.79 Å². The number of hydrogen-bond donors (Lipinski definition) is 0. The summed E-state index contributed by atoms with van der Waals surface area (Å²) in [6, 6.07) is 0.527. The Hall–Kier alpha value is -1.87. The Labute approximate surface area is 293 Å². The second-order valence-electron chi connectivity index (χ2n) is 14.2. The minimum absolute atomic E-state index is 0.0840. The van der Waals surface area contributed by atoms with Gasteiger partial charge in [-0.25, -0.2) is 0 Å². The van der Waals surface area contributed by atoms with Crippen LogP contribution in [0.2, 0.25) is 0 Å². The third-order valence-corrected chi connectivity index (χ3v) is 9.66. The maximum Gasteiger partial charge on any atom is 0.309 e. The summed E-state index contributed by atoms with van der Waals surface area (Å²) >= 11 is 0. The number of nitrogens with zero attached hydrogens (tertiary/aromatic N) is 1. The number of esters is 1. The zero-order chi connectivity index (χ0) is 34.0. The lowest BCUT2D eigenvalue weighted by atomic mass is 10.0. The first-order chi connectivity index (χ1) is 23.1. The van der Waals surface area contributed by atoms with Crippen molar-refractivity contribution in [1.82, 2.24) is 4.90 Å². The van der Waals surface area contributed by atoms with Crippen LogP contribution in [-0.4, -0.2) is 37.1 Å². The average molecular weight is 652 g/mol. The summed E-state index contributed by atoms with van der Waals surface area (Å²) in [5, 5.41) is 0. The minimum Gasteiger partial charge on any atom is -0.462 e. The highest BCUT2D eigenvalue weighted by molar-refractivity contribution is 5.73. The normalized spacial score (nSPS) is 18.0. The van der Waals surface area contributed by atoms with Crippen LogP contribution in [0.25, 0.3) is 0 Å². The van der Waals surface area contributed by atoms with Crippen molar-refractivity contribution in [2.45, 2.75) is 193 Å². The number of carbonyl (C=O) groups is 1. The predicted octanol–water partition coefficient (Wildman–Crippen LogP) is 13.4. The average Bonchev–Trinajstić information content (AvgIpc) is 3.57. The maximum atomic E-state index is 13.1. The van der Waals surface area contributed by atoms with Gasteiger partial charge in [0.1, 0.15) is 6.10 Å². The highest BCUT2D eigenvalue weighted by Crippen LogP contribution is 2.30. The van der Waals surface area contributed by atoms with Crippen molar-refractivity contribution in [2.24, 2.45) is 5.92 Å². The number of rotatable bonds is 31. The maximum absolute atomic E-state index is 13.1. The number of unbranched alkanes of at least 4 members (excludes halogenated alkanes) is 14. The molecule has 1 rings (SSSR count). The second kappa shape index (κ2) is 32.7. The molecule has 0 bridgehead atoms. The first-order valence-corrected chi connectivity index (χ1v) is 20.2. The summed E-state index contributed by atoms with van der Waals surface area (Å²) in [6.07, 6.45) is 54.2. The molecule has 270 valence electrons. The van der Waals surface area contributed by atoms with Crippen LogP contribution in [0.15, 0.2) is 60.8 Å². The Kier molecular flexibility index (Phi) is 30.0. The van der Waals surface area contributed by atoms with E-state index in [1.165, 1.54) is 109 Å². The van der Waals surface area contributed by atoms with Gasteiger partial charge >= 0.3 is 5.97 Å². The summed E-state index contributed by atoms with van der Waals surface area (Å²) in [6.45, 7) is 4.43.